The Balaban J connectivity index is 2.33. The van der Waals surface area contributed by atoms with E-state index >= 15 is 0 Å². The van der Waals surface area contributed by atoms with Gasteiger partial charge in [-0.3, -0.25) is 4.57 Å². The second-order valence-electron chi connectivity index (χ2n) is 4.84. The SMILES string of the molecule is O=c1nc(C(F)(F)F)cc(-c2ccccc2)n1-c1ccccc1. The lowest BCUT2D eigenvalue weighted by atomic mass is 10.1. The van der Waals surface area contributed by atoms with Crippen molar-refractivity contribution in [2.75, 3.05) is 0 Å². The molecule has 116 valence electrons. The molecule has 6 heteroatoms. The van der Waals surface area contributed by atoms with Crippen molar-refractivity contribution in [1.82, 2.24) is 9.55 Å². The summed E-state index contributed by atoms with van der Waals surface area (Å²) in [4.78, 5) is 15.4. The van der Waals surface area contributed by atoms with Gasteiger partial charge in [0.2, 0.25) is 0 Å². The monoisotopic (exact) mass is 316 g/mol. The van der Waals surface area contributed by atoms with Crippen molar-refractivity contribution in [2.24, 2.45) is 0 Å². The summed E-state index contributed by atoms with van der Waals surface area (Å²) in [6.45, 7) is 0. The van der Waals surface area contributed by atoms with Crippen LogP contribution in [0.5, 0.6) is 0 Å². The molecule has 0 amide bonds. The van der Waals surface area contributed by atoms with Gasteiger partial charge in [0.15, 0.2) is 5.69 Å². The van der Waals surface area contributed by atoms with E-state index in [4.69, 9.17) is 0 Å². The minimum atomic E-state index is -4.68. The van der Waals surface area contributed by atoms with Crippen molar-refractivity contribution < 1.29 is 13.2 Å². The number of benzene rings is 2. The van der Waals surface area contributed by atoms with E-state index in [0.29, 0.717) is 11.3 Å². The molecule has 0 N–H and O–H groups in total. The molecule has 0 atom stereocenters. The molecule has 0 unspecified atom stereocenters. The van der Waals surface area contributed by atoms with Crippen LogP contribution in [0.15, 0.2) is 71.5 Å². The molecule has 3 rings (SSSR count). The summed E-state index contributed by atoms with van der Waals surface area (Å²) in [5.41, 5.74) is -1.07. The van der Waals surface area contributed by atoms with Crippen LogP contribution in [0.4, 0.5) is 13.2 Å². The van der Waals surface area contributed by atoms with Crippen molar-refractivity contribution >= 4 is 0 Å². The first kappa shape index (κ1) is 15.0. The van der Waals surface area contributed by atoms with E-state index in [9.17, 15) is 18.0 Å². The van der Waals surface area contributed by atoms with Crippen molar-refractivity contribution in [2.45, 2.75) is 6.18 Å². The molecule has 0 saturated heterocycles. The van der Waals surface area contributed by atoms with Crippen molar-refractivity contribution in [3.63, 3.8) is 0 Å². The van der Waals surface area contributed by atoms with Crippen LogP contribution in [0.25, 0.3) is 16.9 Å². The molecule has 2 aromatic carbocycles. The maximum atomic E-state index is 13.0. The van der Waals surface area contributed by atoms with E-state index in [0.717, 1.165) is 6.07 Å². The van der Waals surface area contributed by atoms with Gasteiger partial charge in [-0.1, -0.05) is 48.5 Å². The molecule has 0 saturated carbocycles. The minimum absolute atomic E-state index is 0.143. The lowest BCUT2D eigenvalue weighted by Gasteiger charge is -2.15. The third-order valence-corrected chi connectivity index (χ3v) is 3.30. The average molecular weight is 316 g/mol. The van der Waals surface area contributed by atoms with E-state index in [1.807, 2.05) is 0 Å². The first-order valence-corrected chi connectivity index (χ1v) is 6.79. The van der Waals surface area contributed by atoms with Gasteiger partial charge >= 0.3 is 11.9 Å². The van der Waals surface area contributed by atoms with Gasteiger partial charge in [-0.2, -0.15) is 18.2 Å². The van der Waals surface area contributed by atoms with E-state index in [1.165, 1.54) is 4.57 Å². The Labute approximate surface area is 129 Å². The number of halogens is 3. The number of alkyl halides is 3. The zero-order chi connectivity index (χ0) is 16.4. The number of hydrogen-bond donors (Lipinski definition) is 0. The number of nitrogens with zero attached hydrogens (tertiary/aromatic N) is 2. The molecule has 0 radical (unpaired) electrons. The van der Waals surface area contributed by atoms with Crippen LogP contribution in [0.1, 0.15) is 5.69 Å². The molecule has 1 heterocycles. The molecule has 0 fully saturated rings. The Kier molecular flexibility index (Phi) is 3.73. The third kappa shape index (κ3) is 3.01. The van der Waals surface area contributed by atoms with Crippen LogP contribution in [0, 0.1) is 0 Å². The Morgan fingerprint density at radius 1 is 0.870 bits per heavy atom. The summed E-state index contributed by atoms with van der Waals surface area (Å²) >= 11 is 0. The van der Waals surface area contributed by atoms with Crippen LogP contribution in [-0.4, -0.2) is 9.55 Å². The minimum Gasteiger partial charge on any atom is -0.261 e. The van der Waals surface area contributed by atoms with Crippen LogP contribution in [0.3, 0.4) is 0 Å². The molecule has 3 nitrogen and oxygen atoms in total. The van der Waals surface area contributed by atoms with Gasteiger partial charge < -0.3 is 0 Å². The molecule has 0 aliphatic rings. The summed E-state index contributed by atoms with van der Waals surface area (Å²) < 4.78 is 40.1. The fourth-order valence-corrected chi connectivity index (χ4v) is 2.28. The summed E-state index contributed by atoms with van der Waals surface area (Å²) in [5, 5.41) is 0. The van der Waals surface area contributed by atoms with Crippen molar-refractivity contribution in [3.05, 3.63) is 82.9 Å². The molecule has 0 bridgehead atoms. The first-order chi connectivity index (χ1) is 11.0. The van der Waals surface area contributed by atoms with Gasteiger partial charge in [-0.05, 0) is 23.8 Å². The quantitative estimate of drug-likeness (QED) is 0.718. The Bertz CT molecular complexity index is 872. The largest absolute Gasteiger partial charge is 0.433 e. The van der Waals surface area contributed by atoms with Gasteiger partial charge in [0.25, 0.3) is 0 Å². The molecule has 0 aliphatic carbocycles. The highest BCUT2D eigenvalue weighted by Crippen LogP contribution is 2.30. The number of aromatic nitrogens is 2. The normalized spacial score (nSPS) is 11.4. The van der Waals surface area contributed by atoms with Crippen molar-refractivity contribution in [1.29, 1.82) is 0 Å². The zero-order valence-electron chi connectivity index (χ0n) is 11.8. The van der Waals surface area contributed by atoms with Gasteiger partial charge in [0, 0.05) is 0 Å². The summed E-state index contributed by atoms with van der Waals surface area (Å²) in [5.74, 6) is 0. The molecular formula is C17H11F3N2O. The Hall–Kier alpha value is -2.89. The molecular weight excluding hydrogens is 305 g/mol. The standard InChI is InChI=1S/C17H11F3N2O/c18-17(19,20)15-11-14(12-7-3-1-4-8-12)22(16(23)21-15)13-9-5-2-6-10-13/h1-11H. The second kappa shape index (κ2) is 5.72. The van der Waals surface area contributed by atoms with E-state index in [2.05, 4.69) is 4.98 Å². The number of hydrogen-bond acceptors (Lipinski definition) is 2. The molecule has 0 aliphatic heterocycles. The molecule has 23 heavy (non-hydrogen) atoms. The van der Waals surface area contributed by atoms with E-state index in [1.54, 1.807) is 60.7 Å². The first-order valence-electron chi connectivity index (χ1n) is 6.79. The molecule has 0 spiro atoms. The van der Waals surface area contributed by atoms with Crippen LogP contribution in [0.2, 0.25) is 0 Å². The van der Waals surface area contributed by atoms with E-state index < -0.39 is 17.6 Å². The fourth-order valence-electron chi connectivity index (χ4n) is 2.28. The molecule has 3 aromatic rings. The Morgan fingerprint density at radius 3 is 2.00 bits per heavy atom. The summed E-state index contributed by atoms with van der Waals surface area (Å²) in [7, 11) is 0. The predicted octanol–water partition coefficient (Wildman–Crippen LogP) is 3.92. The van der Waals surface area contributed by atoms with Gasteiger partial charge in [-0.25, -0.2) is 4.79 Å². The topological polar surface area (TPSA) is 34.9 Å². The zero-order valence-corrected chi connectivity index (χ0v) is 11.8. The highest BCUT2D eigenvalue weighted by molar-refractivity contribution is 5.62. The lowest BCUT2D eigenvalue weighted by Crippen LogP contribution is -2.27. The summed E-state index contributed by atoms with van der Waals surface area (Å²) in [6, 6.07) is 17.8. The van der Waals surface area contributed by atoms with Crippen LogP contribution >= 0.6 is 0 Å². The van der Waals surface area contributed by atoms with Gasteiger partial charge in [-0.15, -0.1) is 0 Å². The molecule has 1 aromatic heterocycles. The third-order valence-electron chi connectivity index (χ3n) is 3.30. The van der Waals surface area contributed by atoms with E-state index in [-0.39, 0.29) is 5.69 Å². The van der Waals surface area contributed by atoms with Crippen LogP contribution < -0.4 is 5.69 Å². The second-order valence-corrected chi connectivity index (χ2v) is 4.84. The van der Waals surface area contributed by atoms with Crippen LogP contribution in [-0.2, 0) is 6.18 Å². The summed E-state index contributed by atoms with van der Waals surface area (Å²) in [6.07, 6.45) is -4.68. The maximum Gasteiger partial charge on any atom is 0.433 e. The highest BCUT2D eigenvalue weighted by atomic mass is 19.4. The van der Waals surface area contributed by atoms with Crippen molar-refractivity contribution in [3.8, 4) is 16.9 Å². The number of rotatable bonds is 2. The highest BCUT2D eigenvalue weighted by Gasteiger charge is 2.34. The maximum absolute atomic E-state index is 13.0. The number of para-hydroxylation sites is 1. The average Bonchev–Trinajstić information content (AvgIpc) is 2.55. The van der Waals surface area contributed by atoms with Gasteiger partial charge in [0.05, 0.1) is 11.4 Å². The smallest absolute Gasteiger partial charge is 0.261 e. The Morgan fingerprint density at radius 2 is 1.43 bits per heavy atom. The lowest BCUT2D eigenvalue weighted by molar-refractivity contribution is -0.141. The van der Waals surface area contributed by atoms with Gasteiger partial charge in [0.1, 0.15) is 0 Å². The predicted molar refractivity (Wildman–Crippen MR) is 80.3 cm³/mol. The fraction of sp³-hybridized carbons (Fsp3) is 0.0588.